The van der Waals surface area contributed by atoms with Gasteiger partial charge in [-0.05, 0) is 194 Å². The van der Waals surface area contributed by atoms with E-state index in [0.717, 1.165) is 124 Å². The molecule has 0 radical (unpaired) electrons. The third-order valence-electron chi connectivity index (χ3n) is 15.6. The lowest BCUT2D eigenvalue weighted by molar-refractivity contribution is 0.347. The highest BCUT2D eigenvalue weighted by Crippen LogP contribution is 2.49. The van der Waals surface area contributed by atoms with Crippen LogP contribution < -0.4 is 0 Å². The maximum Gasteiger partial charge on any atom is 0.204 e. The average molecular weight is 1130 g/mol. The summed E-state index contributed by atoms with van der Waals surface area (Å²) in [5, 5.41) is 82.7. The number of nitrogens with one attached hydrogen (secondary N) is 4. The molecule has 16 heteroatoms. The van der Waals surface area contributed by atoms with Crippen LogP contribution in [0.5, 0.6) is 46.0 Å². The second-order valence-electron chi connectivity index (χ2n) is 21.4. The molecule has 420 valence electrons. The molecule has 15 rings (SSSR count). The zero-order valence-electron chi connectivity index (χ0n) is 45.7. The smallest absolute Gasteiger partial charge is 0.204 e. The molecule has 0 amide bonds. The first kappa shape index (κ1) is 52.3. The van der Waals surface area contributed by atoms with Gasteiger partial charge in [-0.25, -0.2) is 9.97 Å². The van der Waals surface area contributed by atoms with Crippen molar-refractivity contribution in [3.63, 3.8) is 0 Å². The summed E-state index contributed by atoms with van der Waals surface area (Å²) in [6.45, 7) is 0. The highest BCUT2D eigenvalue weighted by molar-refractivity contribution is 5.98. The Labute approximate surface area is 489 Å². The lowest BCUT2D eigenvalue weighted by Gasteiger charge is -2.08. The van der Waals surface area contributed by atoms with E-state index in [9.17, 15) is 40.9 Å². The fourth-order valence-electron chi connectivity index (χ4n) is 11.7. The third kappa shape index (κ3) is 10.0. The third-order valence-corrected chi connectivity index (χ3v) is 15.6. The van der Waals surface area contributed by atoms with Crippen LogP contribution in [0.1, 0.15) is 45.6 Å². The maximum atomic E-state index is 10.6. The number of nitrogens with zero attached hydrogens (tertiary/aromatic N) is 4. The Hall–Kier alpha value is -11.8. The quantitative estimate of drug-likeness (QED) is 0.0566. The fourth-order valence-corrected chi connectivity index (χ4v) is 11.7. The van der Waals surface area contributed by atoms with Crippen LogP contribution in [0.15, 0.2) is 170 Å². The molecule has 0 saturated carbocycles. The Bertz CT molecular complexity index is 4850. The van der Waals surface area contributed by atoms with Crippen LogP contribution >= 0.6 is 0 Å². The molecule has 0 unspecified atom stereocenters. The number of rotatable bonds is 5. The highest BCUT2D eigenvalue weighted by atomic mass is 16.3. The lowest BCUT2D eigenvalue weighted by Crippen LogP contribution is -1.89. The van der Waals surface area contributed by atoms with E-state index in [1.807, 2.05) is 133 Å². The molecular formula is C70H52N8O8. The van der Waals surface area contributed by atoms with Gasteiger partial charge in [0.15, 0.2) is 11.5 Å². The van der Waals surface area contributed by atoms with Gasteiger partial charge < -0.3 is 60.8 Å². The molecule has 86 heavy (non-hydrogen) atoms. The van der Waals surface area contributed by atoms with Crippen molar-refractivity contribution in [3.05, 3.63) is 215 Å². The van der Waals surface area contributed by atoms with E-state index in [2.05, 4.69) is 24.9 Å². The number of aromatic amines is 4. The number of benzene rings is 5. The molecule has 16 bridgehead atoms. The number of aryl methyl sites for hydroxylation is 4. The van der Waals surface area contributed by atoms with Gasteiger partial charge in [0.05, 0.1) is 34.2 Å². The number of aromatic hydroxyl groups is 8. The van der Waals surface area contributed by atoms with Crippen molar-refractivity contribution < 1.29 is 40.9 Å². The van der Waals surface area contributed by atoms with Crippen LogP contribution in [0, 0.1) is 0 Å². The molecule has 10 heterocycles. The van der Waals surface area contributed by atoms with Crippen molar-refractivity contribution in [3.8, 4) is 102 Å². The molecule has 0 atom stereocenters. The van der Waals surface area contributed by atoms with Gasteiger partial charge in [0.1, 0.15) is 23.0 Å². The first-order chi connectivity index (χ1) is 41.8. The van der Waals surface area contributed by atoms with Gasteiger partial charge in [0, 0.05) is 88.9 Å². The minimum Gasteiger partial charge on any atom is -0.508 e. The Balaban J connectivity index is 0.000000166. The SMILES string of the molecule is Oc1cc(-c2cc3cc4nc(cc5ccc(cc6nc(cc2[nH]3)C=C6)[nH]5)CC4)c(O)c(O)c1O.Oc1cccc(-c2c3nc(c(-c4cccc(O)c4)c4ccc([nH]4)c(-c4cccc(O)c4)c4nc(c(-c5cccc(O)c5)c5ccc2[nH]5)CC4)C=C3)c1. The van der Waals surface area contributed by atoms with Crippen molar-refractivity contribution in [1.82, 2.24) is 39.9 Å². The number of phenolic OH excluding ortho intramolecular Hbond substituents is 8. The van der Waals surface area contributed by atoms with Gasteiger partial charge in [0.2, 0.25) is 11.5 Å². The number of hydrogen-bond donors (Lipinski definition) is 12. The molecule has 0 saturated heterocycles. The molecule has 11 aromatic rings. The first-order valence-corrected chi connectivity index (χ1v) is 27.8. The highest BCUT2D eigenvalue weighted by Gasteiger charge is 2.23. The van der Waals surface area contributed by atoms with E-state index >= 15 is 0 Å². The van der Waals surface area contributed by atoms with Gasteiger partial charge in [-0.1, -0.05) is 48.5 Å². The second-order valence-corrected chi connectivity index (χ2v) is 21.4. The minimum atomic E-state index is -0.783. The van der Waals surface area contributed by atoms with Crippen molar-refractivity contribution in [1.29, 1.82) is 0 Å². The number of aromatic nitrogens is 8. The minimum absolute atomic E-state index is 0.135. The Kier molecular flexibility index (Phi) is 12.9. The molecule has 0 spiro atoms. The number of hydrogen-bond acceptors (Lipinski definition) is 12. The van der Waals surface area contributed by atoms with Crippen LogP contribution in [-0.2, 0) is 25.7 Å². The Morgan fingerprint density at radius 2 is 0.767 bits per heavy atom. The predicted octanol–water partition coefficient (Wildman–Crippen LogP) is 14.5. The normalized spacial score (nSPS) is 12.5. The summed E-state index contributed by atoms with van der Waals surface area (Å²) in [6.07, 6.45) is 10.6. The van der Waals surface area contributed by atoms with E-state index in [1.54, 1.807) is 54.6 Å². The Morgan fingerprint density at radius 1 is 0.302 bits per heavy atom. The molecule has 5 aromatic carbocycles. The van der Waals surface area contributed by atoms with Crippen molar-refractivity contribution >= 4 is 68.4 Å². The number of phenols is 8. The molecule has 12 N–H and O–H groups in total. The molecular weight excluding hydrogens is 1080 g/mol. The van der Waals surface area contributed by atoms with E-state index < -0.39 is 23.0 Å². The molecule has 0 fully saturated rings. The number of fused-ring (bicyclic) bond motifs is 16. The van der Waals surface area contributed by atoms with Gasteiger partial charge in [-0.2, -0.15) is 0 Å². The standard InChI is InChI=1S/C44H32N4O4.C26H20N4O4/c49-29-9-1-5-25(21-29)41-33-13-15-35(45-33)42(26-6-2-10-30(50)22-26)37-17-19-39(47-37)44(28-8-4-12-32(52)24-28)40-20-18-38(48-40)43(36-16-14-34(41)46-36)27-7-3-11-31(51)23-27;31-23-12-21(24(32)26(34)25(23)33)20-10-19-9-17-4-3-15(28-17)7-13-1-2-14(27-13)8-16-5-6-18(29-16)11-22(20)30-19/h1-17,19,21-24,46-47,49-52H,18,20H2;1-2,5-12,27,30-34H,3-4H2. The molecule has 4 aliphatic heterocycles. The first-order valence-electron chi connectivity index (χ1n) is 27.8. The van der Waals surface area contributed by atoms with E-state index in [0.29, 0.717) is 41.0 Å². The predicted molar refractivity (Wildman–Crippen MR) is 335 cm³/mol. The van der Waals surface area contributed by atoms with Gasteiger partial charge >= 0.3 is 0 Å². The fraction of sp³-hybridized carbons (Fsp3) is 0.0571. The largest absolute Gasteiger partial charge is 0.508 e. The summed E-state index contributed by atoms with van der Waals surface area (Å²) in [5.41, 5.74) is 20.0. The van der Waals surface area contributed by atoms with Crippen molar-refractivity contribution in [2.45, 2.75) is 25.7 Å². The summed E-state index contributed by atoms with van der Waals surface area (Å²) >= 11 is 0. The zero-order chi connectivity index (χ0) is 58.7. The Morgan fingerprint density at radius 3 is 1.28 bits per heavy atom. The molecule has 6 aromatic heterocycles. The van der Waals surface area contributed by atoms with Crippen LogP contribution in [0.25, 0.3) is 124 Å². The lowest BCUT2D eigenvalue weighted by atomic mass is 10.0. The maximum absolute atomic E-state index is 10.6. The van der Waals surface area contributed by atoms with E-state index in [4.69, 9.17) is 15.0 Å². The summed E-state index contributed by atoms with van der Waals surface area (Å²) < 4.78 is 0. The summed E-state index contributed by atoms with van der Waals surface area (Å²) in [7, 11) is 0. The molecule has 16 nitrogen and oxygen atoms in total. The zero-order valence-corrected chi connectivity index (χ0v) is 45.7. The monoisotopic (exact) mass is 1130 g/mol. The average Bonchev–Trinajstić information content (AvgIpc) is 1.80. The van der Waals surface area contributed by atoms with Crippen molar-refractivity contribution in [2.24, 2.45) is 0 Å². The number of H-pyrrole nitrogens is 4. The van der Waals surface area contributed by atoms with E-state index in [1.165, 1.54) is 6.07 Å². The van der Waals surface area contributed by atoms with E-state index in [-0.39, 0.29) is 28.6 Å². The second kappa shape index (κ2) is 21.2. The van der Waals surface area contributed by atoms with Crippen molar-refractivity contribution in [2.75, 3.05) is 0 Å². The summed E-state index contributed by atoms with van der Waals surface area (Å²) in [6, 6.07) is 51.4. The molecule has 0 aliphatic carbocycles. The summed E-state index contributed by atoms with van der Waals surface area (Å²) in [5.74, 6) is -2.05. The van der Waals surface area contributed by atoms with Gasteiger partial charge in [-0.3, -0.25) is 9.97 Å². The molecule has 4 aliphatic rings. The van der Waals surface area contributed by atoms with Gasteiger partial charge in [0.25, 0.3) is 0 Å². The van der Waals surface area contributed by atoms with Crippen LogP contribution in [0.4, 0.5) is 0 Å². The summed E-state index contributed by atoms with van der Waals surface area (Å²) in [4.78, 5) is 33.9. The topological polar surface area (TPSA) is 277 Å². The van der Waals surface area contributed by atoms with Crippen LogP contribution in [-0.4, -0.2) is 80.7 Å². The van der Waals surface area contributed by atoms with Crippen LogP contribution in [0.3, 0.4) is 0 Å². The van der Waals surface area contributed by atoms with Crippen LogP contribution in [0.2, 0.25) is 0 Å². The van der Waals surface area contributed by atoms with Gasteiger partial charge in [-0.15, -0.1) is 0 Å².